The first-order chi connectivity index (χ1) is 6.35. The summed E-state index contributed by atoms with van der Waals surface area (Å²) >= 11 is 0. The van der Waals surface area contributed by atoms with Gasteiger partial charge in [0.1, 0.15) is 0 Å². The molecular weight excluding hydrogens is 178 g/mol. The molecule has 3 heteroatoms. The Labute approximate surface area is 87.5 Å². The molecule has 0 aliphatic rings. The molecule has 0 fully saturated rings. The molecule has 14 heavy (non-hydrogen) atoms. The third kappa shape index (κ3) is 8.48. The van der Waals surface area contributed by atoms with Crippen LogP contribution in [0.1, 0.15) is 34.1 Å². The molecule has 0 aliphatic carbocycles. The van der Waals surface area contributed by atoms with Gasteiger partial charge in [-0.1, -0.05) is 27.7 Å². The lowest BCUT2D eigenvalue weighted by atomic mass is 9.89. The van der Waals surface area contributed by atoms with Gasteiger partial charge in [0.2, 0.25) is 0 Å². The molecule has 86 valence electrons. The van der Waals surface area contributed by atoms with Crippen molar-refractivity contribution in [3.05, 3.63) is 0 Å². The number of nitrogens with one attached hydrogen (secondary N) is 1. The summed E-state index contributed by atoms with van der Waals surface area (Å²) < 4.78 is 0. The second-order valence-corrected chi connectivity index (χ2v) is 5.36. The van der Waals surface area contributed by atoms with Crippen LogP contribution in [0.4, 0.5) is 0 Å². The van der Waals surface area contributed by atoms with Crippen LogP contribution in [-0.2, 0) is 0 Å². The van der Waals surface area contributed by atoms with Gasteiger partial charge < -0.3 is 15.5 Å². The lowest BCUT2D eigenvalue weighted by molar-refractivity contribution is 0.117. The summed E-state index contributed by atoms with van der Waals surface area (Å²) in [5.74, 6) is 0.261. The highest BCUT2D eigenvalue weighted by molar-refractivity contribution is 4.70. The lowest BCUT2D eigenvalue weighted by Gasteiger charge is -2.22. The molecule has 0 radical (unpaired) electrons. The summed E-state index contributed by atoms with van der Waals surface area (Å²) in [5, 5.41) is 21.6. The van der Waals surface area contributed by atoms with Crippen molar-refractivity contribution in [2.75, 3.05) is 19.7 Å². The molecule has 0 heterocycles. The van der Waals surface area contributed by atoms with Gasteiger partial charge in [0, 0.05) is 13.2 Å². The maximum atomic E-state index is 9.65. The van der Waals surface area contributed by atoms with E-state index in [1.54, 1.807) is 0 Å². The van der Waals surface area contributed by atoms with Gasteiger partial charge in [-0.15, -0.1) is 0 Å². The van der Waals surface area contributed by atoms with Crippen molar-refractivity contribution in [3.8, 4) is 0 Å². The average molecular weight is 203 g/mol. The van der Waals surface area contributed by atoms with E-state index in [4.69, 9.17) is 5.11 Å². The van der Waals surface area contributed by atoms with Crippen LogP contribution in [0.25, 0.3) is 0 Å². The van der Waals surface area contributed by atoms with Gasteiger partial charge in [0.25, 0.3) is 0 Å². The zero-order chi connectivity index (χ0) is 11.2. The van der Waals surface area contributed by atoms with Crippen LogP contribution in [-0.4, -0.2) is 36.0 Å². The quantitative estimate of drug-likeness (QED) is 0.603. The molecular formula is C11H25NO2. The summed E-state index contributed by atoms with van der Waals surface area (Å²) in [7, 11) is 0. The van der Waals surface area contributed by atoms with Gasteiger partial charge in [0.15, 0.2) is 0 Å². The minimum absolute atomic E-state index is 0.170. The Hall–Kier alpha value is -0.120. The second kappa shape index (κ2) is 6.38. The fraction of sp³-hybridized carbons (Fsp3) is 1.00. The van der Waals surface area contributed by atoms with Crippen LogP contribution < -0.4 is 5.32 Å². The molecule has 0 bridgehead atoms. The van der Waals surface area contributed by atoms with E-state index >= 15 is 0 Å². The van der Waals surface area contributed by atoms with E-state index < -0.39 is 0 Å². The highest BCUT2D eigenvalue weighted by Crippen LogP contribution is 2.20. The predicted molar refractivity (Wildman–Crippen MR) is 59.2 cm³/mol. The Morgan fingerprint density at radius 3 is 2.21 bits per heavy atom. The zero-order valence-corrected chi connectivity index (χ0v) is 9.88. The first kappa shape index (κ1) is 13.9. The standard InChI is InChI=1S/C11H25NO2/c1-9(8-13)6-12-7-10(14)5-11(2,3)4/h9-10,12-14H,5-8H2,1-4H3. The van der Waals surface area contributed by atoms with Gasteiger partial charge in [-0.3, -0.25) is 0 Å². The highest BCUT2D eigenvalue weighted by Gasteiger charge is 2.16. The van der Waals surface area contributed by atoms with E-state index in [2.05, 4.69) is 26.1 Å². The lowest BCUT2D eigenvalue weighted by Crippen LogP contribution is -2.33. The minimum atomic E-state index is -0.291. The maximum Gasteiger partial charge on any atom is 0.0669 e. The van der Waals surface area contributed by atoms with Crippen LogP contribution in [0.3, 0.4) is 0 Å². The van der Waals surface area contributed by atoms with E-state index in [9.17, 15) is 5.11 Å². The SMILES string of the molecule is CC(CO)CNCC(O)CC(C)(C)C. The average Bonchev–Trinajstić information content (AvgIpc) is 2.00. The van der Waals surface area contributed by atoms with Gasteiger partial charge in [0.05, 0.1) is 6.10 Å². The molecule has 0 aromatic heterocycles. The zero-order valence-electron chi connectivity index (χ0n) is 9.88. The van der Waals surface area contributed by atoms with Crippen molar-refractivity contribution in [2.24, 2.45) is 11.3 Å². The first-order valence-corrected chi connectivity index (χ1v) is 5.35. The molecule has 0 aromatic rings. The largest absolute Gasteiger partial charge is 0.396 e. The van der Waals surface area contributed by atoms with Gasteiger partial charge in [-0.2, -0.15) is 0 Å². The van der Waals surface area contributed by atoms with Crippen molar-refractivity contribution in [1.82, 2.24) is 5.32 Å². The number of aliphatic hydroxyl groups excluding tert-OH is 2. The molecule has 0 spiro atoms. The molecule has 2 unspecified atom stereocenters. The Kier molecular flexibility index (Phi) is 6.33. The molecule has 3 nitrogen and oxygen atoms in total. The Bertz CT molecular complexity index is 143. The number of hydrogen-bond donors (Lipinski definition) is 3. The van der Waals surface area contributed by atoms with Crippen LogP contribution in [0.5, 0.6) is 0 Å². The molecule has 0 amide bonds. The minimum Gasteiger partial charge on any atom is -0.396 e. The molecule has 0 rings (SSSR count). The van der Waals surface area contributed by atoms with E-state index in [1.807, 2.05) is 6.92 Å². The smallest absolute Gasteiger partial charge is 0.0669 e. The van der Waals surface area contributed by atoms with Crippen LogP contribution in [0.15, 0.2) is 0 Å². The molecule has 2 atom stereocenters. The summed E-state index contributed by atoms with van der Waals surface area (Å²) in [4.78, 5) is 0. The van der Waals surface area contributed by atoms with E-state index in [0.717, 1.165) is 13.0 Å². The second-order valence-electron chi connectivity index (χ2n) is 5.36. The van der Waals surface area contributed by atoms with Crippen LogP contribution >= 0.6 is 0 Å². The predicted octanol–water partition coefficient (Wildman–Crippen LogP) is 1.00. The Morgan fingerprint density at radius 1 is 1.21 bits per heavy atom. The van der Waals surface area contributed by atoms with Crippen LogP contribution in [0.2, 0.25) is 0 Å². The van der Waals surface area contributed by atoms with Crippen molar-refractivity contribution in [3.63, 3.8) is 0 Å². The Morgan fingerprint density at radius 2 is 1.79 bits per heavy atom. The van der Waals surface area contributed by atoms with Crippen molar-refractivity contribution >= 4 is 0 Å². The fourth-order valence-electron chi connectivity index (χ4n) is 1.34. The van der Waals surface area contributed by atoms with E-state index in [0.29, 0.717) is 6.54 Å². The third-order valence-corrected chi connectivity index (χ3v) is 2.03. The molecule has 3 N–H and O–H groups in total. The van der Waals surface area contributed by atoms with Gasteiger partial charge in [-0.05, 0) is 24.3 Å². The summed E-state index contributed by atoms with van der Waals surface area (Å²) in [5.41, 5.74) is 0.170. The molecule has 0 saturated heterocycles. The van der Waals surface area contributed by atoms with Crippen molar-refractivity contribution < 1.29 is 10.2 Å². The maximum absolute atomic E-state index is 9.65. The molecule has 0 saturated carbocycles. The van der Waals surface area contributed by atoms with E-state index in [1.165, 1.54) is 0 Å². The summed E-state index contributed by atoms with van der Waals surface area (Å²) in [6.07, 6.45) is 0.508. The normalized spacial score (nSPS) is 16.7. The number of aliphatic hydroxyl groups is 2. The molecule has 0 aromatic carbocycles. The van der Waals surface area contributed by atoms with Crippen molar-refractivity contribution in [2.45, 2.75) is 40.2 Å². The first-order valence-electron chi connectivity index (χ1n) is 5.35. The van der Waals surface area contributed by atoms with Crippen molar-refractivity contribution in [1.29, 1.82) is 0 Å². The van der Waals surface area contributed by atoms with Crippen LogP contribution in [0, 0.1) is 11.3 Å². The highest BCUT2D eigenvalue weighted by atomic mass is 16.3. The Balaban J connectivity index is 3.50. The number of hydrogen-bond acceptors (Lipinski definition) is 3. The van der Waals surface area contributed by atoms with E-state index in [-0.39, 0.29) is 24.0 Å². The molecule has 0 aliphatic heterocycles. The topological polar surface area (TPSA) is 52.5 Å². The summed E-state index contributed by atoms with van der Waals surface area (Å²) in [6.45, 7) is 9.90. The summed E-state index contributed by atoms with van der Waals surface area (Å²) in [6, 6.07) is 0. The monoisotopic (exact) mass is 203 g/mol. The third-order valence-electron chi connectivity index (χ3n) is 2.03. The van der Waals surface area contributed by atoms with Gasteiger partial charge >= 0.3 is 0 Å². The number of rotatable bonds is 6. The fourth-order valence-corrected chi connectivity index (χ4v) is 1.34. The van der Waals surface area contributed by atoms with Gasteiger partial charge in [-0.25, -0.2) is 0 Å².